The first-order chi connectivity index (χ1) is 15.0. The number of aliphatic hydroxyl groups is 1. The van der Waals surface area contributed by atoms with E-state index in [0.717, 1.165) is 16.8 Å². The van der Waals surface area contributed by atoms with Crippen molar-refractivity contribution in [1.29, 1.82) is 0 Å². The molecule has 172 valence electrons. The third-order valence-corrected chi connectivity index (χ3v) is 4.94. The highest BCUT2D eigenvalue weighted by molar-refractivity contribution is 5.93. The summed E-state index contributed by atoms with van der Waals surface area (Å²) in [7, 11) is 0. The standard InChI is InChI=1S/C23H26F3N3O3/c1-4-7-8-16(5-2)18-12-21(30)32-19-11-15(9-10-17(18)19)13-29(28)14-20(27)22(31,6-3)23(24,25)26/h4-5,7-12,14,31H,2,6,13,27-28H2,1,3H3/b7-4-,16-8+,20-14-. The van der Waals surface area contributed by atoms with Crippen molar-refractivity contribution < 1.29 is 22.7 Å². The minimum absolute atomic E-state index is 0.0506. The largest absolute Gasteiger partial charge is 0.423 e. The van der Waals surface area contributed by atoms with Crippen molar-refractivity contribution in [2.24, 2.45) is 11.6 Å². The summed E-state index contributed by atoms with van der Waals surface area (Å²) in [4.78, 5) is 12.1. The van der Waals surface area contributed by atoms with Crippen LogP contribution in [0, 0.1) is 0 Å². The van der Waals surface area contributed by atoms with E-state index >= 15 is 0 Å². The van der Waals surface area contributed by atoms with Gasteiger partial charge in [0.15, 0.2) is 0 Å². The van der Waals surface area contributed by atoms with Crippen LogP contribution >= 0.6 is 0 Å². The van der Waals surface area contributed by atoms with E-state index in [1.54, 1.807) is 30.4 Å². The number of nitrogens with two attached hydrogens (primary N) is 2. The summed E-state index contributed by atoms with van der Waals surface area (Å²) in [5.74, 6) is 5.81. The summed E-state index contributed by atoms with van der Waals surface area (Å²) in [6.45, 7) is 6.75. The number of benzene rings is 1. The second-order valence-corrected chi connectivity index (χ2v) is 7.13. The lowest BCUT2D eigenvalue weighted by Crippen LogP contribution is -2.49. The Morgan fingerprint density at radius 3 is 2.56 bits per heavy atom. The Morgan fingerprint density at radius 1 is 1.31 bits per heavy atom. The van der Waals surface area contributed by atoms with Gasteiger partial charge in [-0.2, -0.15) is 13.2 Å². The van der Waals surface area contributed by atoms with E-state index in [1.807, 2.05) is 19.1 Å². The zero-order valence-electron chi connectivity index (χ0n) is 17.8. The molecule has 0 fully saturated rings. The molecular weight excluding hydrogens is 423 g/mol. The molecule has 1 unspecified atom stereocenters. The normalized spacial score (nSPS) is 15.2. The van der Waals surface area contributed by atoms with Gasteiger partial charge in [-0.05, 0) is 36.1 Å². The van der Waals surface area contributed by atoms with Crippen LogP contribution < -0.4 is 17.2 Å². The average molecular weight is 449 g/mol. The Labute approximate surface area is 183 Å². The highest BCUT2D eigenvalue weighted by atomic mass is 19.4. The molecule has 9 heteroatoms. The Kier molecular flexibility index (Phi) is 7.71. The quantitative estimate of drug-likeness (QED) is 0.242. The molecule has 1 heterocycles. The van der Waals surface area contributed by atoms with Gasteiger partial charge in [0.25, 0.3) is 0 Å². The van der Waals surface area contributed by atoms with Crippen LogP contribution in [0.3, 0.4) is 0 Å². The number of hydrogen-bond acceptors (Lipinski definition) is 6. The molecule has 0 aliphatic rings. The molecule has 0 saturated heterocycles. The van der Waals surface area contributed by atoms with Gasteiger partial charge in [-0.3, -0.25) is 0 Å². The lowest BCUT2D eigenvalue weighted by molar-refractivity contribution is -0.245. The third kappa shape index (κ3) is 5.30. The summed E-state index contributed by atoms with van der Waals surface area (Å²) < 4.78 is 44.8. The molecule has 32 heavy (non-hydrogen) atoms. The highest BCUT2D eigenvalue weighted by Crippen LogP contribution is 2.36. The third-order valence-electron chi connectivity index (χ3n) is 4.94. The second kappa shape index (κ2) is 9.88. The fraction of sp³-hybridized carbons (Fsp3) is 0.261. The predicted molar refractivity (Wildman–Crippen MR) is 119 cm³/mol. The Hall–Kier alpha value is -3.30. The maximum atomic E-state index is 13.2. The predicted octanol–water partition coefficient (Wildman–Crippen LogP) is 4.12. The lowest BCUT2D eigenvalue weighted by Gasteiger charge is -2.30. The van der Waals surface area contributed by atoms with Crippen LogP contribution in [0.2, 0.25) is 0 Å². The SMILES string of the molecule is C=C/C(=C\C=C/C)c1cc(=O)oc2cc(CN(N)/C=C(\N)C(O)(CC)C(F)(F)F)ccc12. The Balaban J connectivity index is 2.42. The number of alkyl halides is 3. The van der Waals surface area contributed by atoms with Gasteiger partial charge in [0.2, 0.25) is 5.60 Å². The number of halogens is 3. The molecule has 0 amide bonds. The lowest BCUT2D eigenvalue weighted by atomic mass is 9.96. The second-order valence-electron chi connectivity index (χ2n) is 7.13. The molecule has 1 atom stereocenters. The number of allylic oxidation sites excluding steroid dienone is 5. The zero-order chi connectivity index (χ0) is 24.1. The highest BCUT2D eigenvalue weighted by Gasteiger charge is 2.54. The molecule has 1 aromatic heterocycles. The molecule has 1 aromatic carbocycles. The van der Waals surface area contributed by atoms with Crippen LogP contribution in [0.5, 0.6) is 0 Å². The molecule has 0 radical (unpaired) electrons. The van der Waals surface area contributed by atoms with E-state index in [-0.39, 0.29) is 12.1 Å². The minimum atomic E-state index is -4.95. The first-order valence-corrected chi connectivity index (χ1v) is 9.77. The van der Waals surface area contributed by atoms with Crippen molar-refractivity contribution >= 4 is 16.5 Å². The smallest absolute Gasteiger partial charge is 0.422 e. The number of hydrogen-bond donors (Lipinski definition) is 3. The molecule has 0 aliphatic carbocycles. The van der Waals surface area contributed by atoms with Crippen LogP contribution in [0.1, 0.15) is 31.4 Å². The fourth-order valence-electron chi connectivity index (χ4n) is 3.12. The average Bonchev–Trinajstić information content (AvgIpc) is 2.72. The van der Waals surface area contributed by atoms with Gasteiger partial charge < -0.3 is 20.3 Å². The number of rotatable bonds is 8. The van der Waals surface area contributed by atoms with E-state index in [0.29, 0.717) is 16.5 Å². The van der Waals surface area contributed by atoms with E-state index in [1.165, 1.54) is 13.0 Å². The monoisotopic (exact) mass is 449 g/mol. The van der Waals surface area contributed by atoms with Crippen molar-refractivity contribution in [3.8, 4) is 0 Å². The van der Waals surface area contributed by atoms with Gasteiger partial charge in [0.1, 0.15) is 5.58 Å². The number of hydrazine groups is 1. The topological polar surface area (TPSA) is 106 Å². The molecule has 0 spiro atoms. The van der Waals surface area contributed by atoms with Crippen LogP contribution in [-0.4, -0.2) is 21.9 Å². The van der Waals surface area contributed by atoms with Gasteiger partial charge in [-0.15, -0.1) is 0 Å². The maximum absolute atomic E-state index is 13.2. The van der Waals surface area contributed by atoms with E-state index in [2.05, 4.69) is 6.58 Å². The molecule has 6 nitrogen and oxygen atoms in total. The first-order valence-electron chi connectivity index (χ1n) is 9.77. The van der Waals surface area contributed by atoms with Crippen molar-refractivity contribution in [3.05, 3.63) is 88.6 Å². The molecule has 0 bridgehead atoms. The van der Waals surface area contributed by atoms with Crippen LogP contribution in [0.25, 0.3) is 16.5 Å². The molecule has 2 aromatic rings. The van der Waals surface area contributed by atoms with Gasteiger partial charge in [-0.1, -0.05) is 49.9 Å². The first kappa shape index (κ1) is 25.0. The fourth-order valence-corrected chi connectivity index (χ4v) is 3.12. The number of nitrogens with zero attached hydrogens (tertiary/aromatic N) is 1. The summed E-state index contributed by atoms with van der Waals surface area (Å²) in [5, 5.41) is 11.5. The minimum Gasteiger partial charge on any atom is -0.423 e. The Bertz CT molecular complexity index is 1130. The van der Waals surface area contributed by atoms with Gasteiger partial charge >= 0.3 is 11.8 Å². The van der Waals surface area contributed by atoms with Crippen LogP contribution in [-0.2, 0) is 6.54 Å². The Morgan fingerprint density at radius 2 is 2.00 bits per heavy atom. The van der Waals surface area contributed by atoms with E-state index < -0.39 is 29.5 Å². The van der Waals surface area contributed by atoms with Crippen LogP contribution in [0.4, 0.5) is 13.2 Å². The van der Waals surface area contributed by atoms with Crippen LogP contribution in [0.15, 0.2) is 76.3 Å². The molecule has 5 N–H and O–H groups in total. The van der Waals surface area contributed by atoms with Gasteiger partial charge in [-0.25, -0.2) is 10.6 Å². The number of fused-ring (bicyclic) bond motifs is 1. The van der Waals surface area contributed by atoms with Crippen molar-refractivity contribution in [2.45, 2.75) is 38.6 Å². The molecule has 0 saturated carbocycles. The van der Waals surface area contributed by atoms with Crippen molar-refractivity contribution in [1.82, 2.24) is 5.01 Å². The van der Waals surface area contributed by atoms with Crippen molar-refractivity contribution in [3.63, 3.8) is 0 Å². The van der Waals surface area contributed by atoms with E-state index in [9.17, 15) is 23.1 Å². The van der Waals surface area contributed by atoms with Gasteiger partial charge in [0.05, 0.1) is 12.2 Å². The summed E-state index contributed by atoms with van der Waals surface area (Å²) in [6.07, 6.45) is 2.30. The molecular formula is C23H26F3N3O3. The van der Waals surface area contributed by atoms with Crippen molar-refractivity contribution in [2.75, 3.05) is 0 Å². The molecule has 2 rings (SSSR count). The zero-order valence-corrected chi connectivity index (χ0v) is 17.8. The summed E-state index contributed by atoms with van der Waals surface area (Å²) >= 11 is 0. The summed E-state index contributed by atoms with van der Waals surface area (Å²) in [6, 6.07) is 6.34. The van der Waals surface area contributed by atoms with E-state index in [4.69, 9.17) is 16.0 Å². The molecule has 0 aliphatic heterocycles. The maximum Gasteiger partial charge on any atom is 0.422 e. The van der Waals surface area contributed by atoms with Gasteiger partial charge in [0, 0.05) is 17.7 Å². The summed E-state index contributed by atoms with van der Waals surface area (Å²) in [5.41, 5.74) is 3.11.